The molecule has 0 unspecified atom stereocenters. The first-order chi connectivity index (χ1) is 9.24. The molecule has 0 aliphatic carbocycles. The molecular weight excluding hydrogens is 242 g/mol. The number of nitrogens with zero attached hydrogens (tertiary/aromatic N) is 3. The lowest BCUT2D eigenvalue weighted by atomic mass is 10.1. The Kier molecular flexibility index (Phi) is 3.08. The van der Waals surface area contributed by atoms with Gasteiger partial charge in [-0.15, -0.1) is 0 Å². The van der Waals surface area contributed by atoms with Crippen LogP contribution in [0.1, 0.15) is 5.56 Å². The van der Waals surface area contributed by atoms with Gasteiger partial charge in [0, 0.05) is 37.4 Å². The van der Waals surface area contributed by atoms with Gasteiger partial charge in [0.2, 0.25) is 0 Å². The number of anilines is 2. The summed E-state index contributed by atoms with van der Waals surface area (Å²) in [6.07, 6.45) is 0. The second-order valence-electron chi connectivity index (χ2n) is 4.71. The van der Waals surface area contributed by atoms with E-state index >= 15 is 0 Å². The van der Waals surface area contributed by atoms with Gasteiger partial charge in [0.15, 0.2) is 0 Å². The van der Waals surface area contributed by atoms with Crippen LogP contribution >= 0.6 is 0 Å². The lowest BCUT2D eigenvalue weighted by Crippen LogP contribution is -2.44. The van der Waals surface area contributed by atoms with Gasteiger partial charge in [0.05, 0.1) is 0 Å². The Hall–Kier alpha value is -2.08. The van der Waals surface area contributed by atoms with Crippen LogP contribution in [0.3, 0.4) is 0 Å². The highest BCUT2D eigenvalue weighted by atomic mass is 16.5. The minimum atomic E-state index is 0.526. The number of piperazine rings is 1. The van der Waals surface area contributed by atoms with Crippen molar-refractivity contribution in [2.24, 2.45) is 0 Å². The van der Waals surface area contributed by atoms with Gasteiger partial charge in [0.1, 0.15) is 0 Å². The normalized spacial score (nSPS) is 15.7. The lowest BCUT2D eigenvalue weighted by molar-refractivity contribution is 0.427. The average Bonchev–Trinajstić information content (AvgIpc) is 2.92. The Morgan fingerprint density at radius 3 is 2.89 bits per heavy atom. The molecule has 0 amide bonds. The number of nitrogens with one attached hydrogen (secondary N) is 1. The van der Waals surface area contributed by atoms with Crippen molar-refractivity contribution in [3.63, 3.8) is 0 Å². The second-order valence-corrected chi connectivity index (χ2v) is 4.71. The highest BCUT2D eigenvalue weighted by Crippen LogP contribution is 2.25. The summed E-state index contributed by atoms with van der Waals surface area (Å²) in [5.74, 6) is 1.18. The van der Waals surface area contributed by atoms with Crippen molar-refractivity contribution in [2.75, 3.05) is 36.8 Å². The molecule has 0 saturated carbocycles. The Bertz CT molecular complexity index is 574. The molecule has 6 nitrogen and oxygen atoms in total. The molecule has 3 rings (SSSR count). The number of hydrogen-bond acceptors (Lipinski definition) is 6. The second kappa shape index (κ2) is 4.89. The molecule has 0 atom stereocenters. The zero-order chi connectivity index (χ0) is 13.2. The number of nitrogens with two attached hydrogens (primary N) is 1. The fourth-order valence-electron chi connectivity index (χ4n) is 2.19. The molecule has 1 aliphatic heterocycles. The largest absolute Gasteiger partial charge is 0.399 e. The van der Waals surface area contributed by atoms with Crippen molar-refractivity contribution < 1.29 is 4.52 Å². The number of aromatic nitrogens is 2. The van der Waals surface area contributed by atoms with Crippen LogP contribution in [0.4, 0.5) is 11.6 Å². The van der Waals surface area contributed by atoms with E-state index < -0.39 is 0 Å². The third-order valence-electron chi connectivity index (χ3n) is 3.31. The summed E-state index contributed by atoms with van der Waals surface area (Å²) in [7, 11) is 0. The summed E-state index contributed by atoms with van der Waals surface area (Å²) < 4.78 is 5.36. The highest BCUT2D eigenvalue weighted by Gasteiger charge is 2.18. The quantitative estimate of drug-likeness (QED) is 0.784. The maximum Gasteiger partial charge on any atom is 0.266 e. The van der Waals surface area contributed by atoms with Crippen LogP contribution in [0, 0.1) is 6.92 Å². The molecule has 6 heteroatoms. The summed E-state index contributed by atoms with van der Waals surface area (Å²) in [4.78, 5) is 6.59. The van der Waals surface area contributed by atoms with E-state index in [1.807, 2.05) is 25.1 Å². The maximum absolute atomic E-state index is 5.81. The van der Waals surface area contributed by atoms with Gasteiger partial charge in [-0.05, 0) is 29.8 Å². The topological polar surface area (TPSA) is 80.2 Å². The number of hydrogen-bond donors (Lipinski definition) is 2. The number of rotatable bonds is 2. The fraction of sp³-hybridized carbons (Fsp3) is 0.385. The van der Waals surface area contributed by atoms with E-state index in [0.717, 1.165) is 37.3 Å². The van der Waals surface area contributed by atoms with Gasteiger partial charge in [-0.3, -0.25) is 0 Å². The Labute approximate surface area is 111 Å². The van der Waals surface area contributed by atoms with E-state index in [9.17, 15) is 0 Å². The monoisotopic (exact) mass is 259 g/mol. The summed E-state index contributed by atoms with van der Waals surface area (Å²) >= 11 is 0. The molecule has 0 spiro atoms. The first-order valence-corrected chi connectivity index (χ1v) is 6.40. The van der Waals surface area contributed by atoms with Gasteiger partial charge in [0.25, 0.3) is 11.8 Å². The fourth-order valence-corrected chi connectivity index (χ4v) is 2.19. The van der Waals surface area contributed by atoms with Gasteiger partial charge < -0.3 is 20.5 Å². The van der Waals surface area contributed by atoms with Gasteiger partial charge in [-0.2, -0.15) is 4.98 Å². The zero-order valence-corrected chi connectivity index (χ0v) is 10.9. The Morgan fingerprint density at radius 1 is 1.32 bits per heavy atom. The van der Waals surface area contributed by atoms with E-state index in [1.165, 1.54) is 0 Å². The SMILES string of the molecule is Cc1ccc(N)cc1-c1nc(N2CCNCC2)no1. The summed E-state index contributed by atoms with van der Waals surface area (Å²) in [5.41, 5.74) is 8.47. The molecule has 3 N–H and O–H groups in total. The van der Waals surface area contributed by atoms with Crippen LogP contribution in [-0.2, 0) is 0 Å². The smallest absolute Gasteiger partial charge is 0.266 e. The van der Waals surface area contributed by atoms with Gasteiger partial charge in [-0.25, -0.2) is 0 Å². The third-order valence-corrected chi connectivity index (χ3v) is 3.31. The predicted molar refractivity (Wildman–Crippen MR) is 74.0 cm³/mol. The minimum Gasteiger partial charge on any atom is -0.399 e. The van der Waals surface area contributed by atoms with Crippen LogP contribution in [0.15, 0.2) is 22.7 Å². The molecular formula is C13H17N5O. The van der Waals surface area contributed by atoms with Crippen LogP contribution in [-0.4, -0.2) is 36.3 Å². The van der Waals surface area contributed by atoms with Gasteiger partial charge >= 0.3 is 0 Å². The molecule has 2 aromatic rings. The molecule has 100 valence electrons. The van der Waals surface area contributed by atoms with Crippen LogP contribution < -0.4 is 16.0 Å². The van der Waals surface area contributed by atoms with Crippen molar-refractivity contribution in [3.05, 3.63) is 23.8 Å². The number of aryl methyl sites for hydroxylation is 1. The molecule has 1 saturated heterocycles. The van der Waals surface area contributed by atoms with Crippen molar-refractivity contribution in [1.29, 1.82) is 0 Å². The maximum atomic E-state index is 5.81. The predicted octanol–water partition coefficient (Wildman–Crippen LogP) is 1.04. The summed E-state index contributed by atoms with van der Waals surface area (Å²) in [5, 5.41) is 7.35. The number of nitrogen functional groups attached to an aromatic ring is 1. The first kappa shape index (κ1) is 12.0. The minimum absolute atomic E-state index is 0.526. The van der Waals surface area contributed by atoms with E-state index in [2.05, 4.69) is 20.4 Å². The van der Waals surface area contributed by atoms with Crippen molar-refractivity contribution in [1.82, 2.24) is 15.5 Å². The van der Waals surface area contributed by atoms with E-state index in [0.29, 0.717) is 17.5 Å². The molecule has 1 aliphatic rings. The van der Waals surface area contributed by atoms with E-state index in [4.69, 9.17) is 10.3 Å². The third kappa shape index (κ3) is 2.39. The van der Waals surface area contributed by atoms with Crippen LogP contribution in [0.25, 0.3) is 11.5 Å². The van der Waals surface area contributed by atoms with E-state index in [1.54, 1.807) is 0 Å². The summed E-state index contributed by atoms with van der Waals surface area (Å²) in [6, 6.07) is 5.69. The molecule has 1 aromatic carbocycles. The van der Waals surface area contributed by atoms with Crippen molar-refractivity contribution >= 4 is 11.6 Å². The molecule has 19 heavy (non-hydrogen) atoms. The summed E-state index contributed by atoms with van der Waals surface area (Å²) in [6.45, 7) is 5.69. The first-order valence-electron chi connectivity index (χ1n) is 6.40. The van der Waals surface area contributed by atoms with Crippen LogP contribution in [0.5, 0.6) is 0 Å². The molecule has 2 heterocycles. The van der Waals surface area contributed by atoms with Gasteiger partial charge in [-0.1, -0.05) is 6.07 Å². The Morgan fingerprint density at radius 2 is 2.11 bits per heavy atom. The van der Waals surface area contributed by atoms with Crippen LogP contribution in [0.2, 0.25) is 0 Å². The molecule has 1 aromatic heterocycles. The van der Waals surface area contributed by atoms with Crippen molar-refractivity contribution in [2.45, 2.75) is 6.92 Å². The molecule has 0 radical (unpaired) electrons. The lowest BCUT2D eigenvalue weighted by Gasteiger charge is -2.25. The Balaban J connectivity index is 1.89. The van der Waals surface area contributed by atoms with Crippen molar-refractivity contribution in [3.8, 4) is 11.5 Å². The number of benzene rings is 1. The molecule has 0 bridgehead atoms. The average molecular weight is 259 g/mol. The van der Waals surface area contributed by atoms with E-state index in [-0.39, 0.29) is 0 Å². The zero-order valence-electron chi connectivity index (χ0n) is 10.9. The standard InChI is InChI=1S/C13H17N5O/c1-9-2-3-10(14)8-11(9)12-16-13(17-19-12)18-6-4-15-5-7-18/h2-3,8,15H,4-7,14H2,1H3. The highest BCUT2D eigenvalue weighted by molar-refractivity contribution is 5.64. The molecule has 1 fully saturated rings.